The van der Waals surface area contributed by atoms with Crippen LogP contribution in [-0.2, 0) is 4.79 Å². The molecule has 0 saturated carbocycles. The molecule has 1 aromatic heterocycles. The lowest BCUT2D eigenvalue weighted by atomic mass is 10.3. The molecular formula is C10H10BrN3O. The molecule has 1 amide bonds. The molecular weight excluding hydrogens is 258 g/mol. The highest BCUT2D eigenvalue weighted by atomic mass is 79.9. The molecule has 5 heteroatoms. The van der Waals surface area contributed by atoms with Crippen molar-refractivity contribution in [1.82, 2.24) is 9.97 Å². The van der Waals surface area contributed by atoms with Crippen molar-refractivity contribution in [3.63, 3.8) is 0 Å². The third-order valence-electron chi connectivity index (χ3n) is 1.99. The van der Waals surface area contributed by atoms with Gasteiger partial charge in [0.2, 0.25) is 11.9 Å². The fourth-order valence-electron chi connectivity index (χ4n) is 1.23. The average molecular weight is 268 g/mol. The molecule has 2 rings (SSSR count). The topological polar surface area (TPSA) is 57.8 Å². The van der Waals surface area contributed by atoms with E-state index >= 15 is 0 Å². The lowest BCUT2D eigenvalue weighted by Crippen LogP contribution is -2.20. The van der Waals surface area contributed by atoms with E-state index in [9.17, 15) is 4.79 Å². The Morgan fingerprint density at radius 1 is 1.53 bits per heavy atom. The van der Waals surface area contributed by atoms with Gasteiger partial charge in [-0.2, -0.15) is 0 Å². The van der Waals surface area contributed by atoms with Crippen LogP contribution in [0.1, 0.15) is 6.92 Å². The van der Waals surface area contributed by atoms with Crippen LogP contribution in [0.15, 0.2) is 24.3 Å². The SMILES string of the molecule is CC(Br)C(=O)Nc1nc2ccccc2[nH]1. The van der Waals surface area contributed by atoms with Crippen molar-refractivity contribution in [2.45, 2.75) is 11.8 Å². The highest BCUT2D eigenvalue weighted by Crippen LogP contribution is 2.13. The van der Waals surface area contributed by atoms with Crippen molar-refractivity contribution < 1.29 is 4.79 Å². The van der Waals surface area contributed by atoms with Gasteiger partial charge >= 0.3 is 0 Å². The molecule has 0 aliphatic heterocycles. The van der Waals surface area contributed by atoms with Crippen LogP contribution in [0.3, 0.4) is 0 Å². The third-order valence-corrected chi connectivity index (χ3v) is 2.41. The maximum Gasteiger partial charge on any atom is 0.240 e. The van der Waals surface area contributed by atoms with E-state index in [1.54, 1.807) is 6.92 Å². The van der Waals surface area contributed by atoms with Gasteiger partial charge in [0.25, 0.3) is 0 Å². The number of nitrogens with zero attached hydrogens (tertiary/aromatic N) is 1. The number of aromatic nitrogens is 2. The molecule has 78 valence electrons. The molecule has 1 aromatic carbocycles. The molecule has 0 fully saturated rings. The van der Waals surface area contributed by atoms with Gasteiger partial charge in [-0.05, 0) is 19.1 Å². The number of para-hydroxylation sites is 2. The summed E-state index contributed by atoms with van der Waals surface area (Å²) in [4.78, 5) is 18.4. The minimum atomic E-state index is -0.231. The zero-order chi connectivity index (χ0) is 10.8. The quantitative estimate of drug-likeness (QED) is 0.821. The maximum atomic E-state index is 11.4. The predicted octanol–water partition coefficient (Wildman–Crippen LogP) is 2.28. The summed E-state index contributed by atoms with van der Waals surface area (Å²) in [6.07, 6.45) is 0. The summed E-state index contributed by atoms with van der Waals surface area (Å²) < 4.78 is 0. The summed E-state index contributed by atoms with van der Waals surface area (Å²) in [7, 11) is 0. The van der Waals surface area contributed by atoms with E-state index in [4.69, 9.17) is 0 Å². The summed E-state index contributed by atoms with van der Waals surface area (Å²) >= 11 is 3.19. The Morgan fingerprint density at radius 3 is 2.93 bits per heavy atom. The molecule has 1 unspecified atom stereocenters. The van der Waals surface area contributed by atoms with Gasteiger partial charge < -0.3 is 4.98 Å². The van der Waals surface area contributed by atoms with Crippen molar-refractivity contribution in [2.24, 2.45) is 0 Å². The Balaban J connectivity index is 2.26. The molecule has 0 spiro atoms. The van der Waals surface area contributed by atoms with Crippen LogP contribution >= 0.6 is 15.9 Å². The summed E-state index contributed by atoms with van der Waals surface area (Å²) in [6.45, 7) is 1.76. The Hall–Kier alpha value is -1.36. The number of nitrogens with one attached hydrogen (secondary N) is 2. The molecule has 1 atom stereocenters. The first-order valence-corrected chi connectivity index (χ1v) is 5.48. The summed E-state index contributed by atoms with van der Waals surface area (Å²) in [6, 6.07) is 7.62. The van der Waals surface area contributed by atoms with Crippen molar-refractivity contribution in [3.05, 3.63) is 24.3 Å². The largest absolute Gasteiger partial charge is 0.324 e. The number of hydrogen-bond donors (Lipinski definition) is 2. The van der Waals surface area contributed by atoms with E-state index in [1.807, 2.05) is 24.3 Å². The number of fused-ring (bicyclic) bond motifs is 1. The molecule has 0 aliphatic carbocycles. The second kappa shape index (κ2) is 4.02. The smallest absolute Gasteiger partial charge is 0.240 e. The Kier molecular flexibility index (Phi) is 2.73. The van der Waals surface area contributed by atoms with E-state index < -0.39 is 0 Å². The number of H-pyrrole nitrogens is 1. The number of amides is 1. The van der Waals surface area contributed by atoms with Crippen LogP contribution < -0.4 is 5.32 Å². The highest BCUT2D eigenvalue weighted by Gasteiger charge is 2.10. The van der Waals surface area contributed by atoms with E-state index in [2.05, 4.69) is 31.2 Å². The molecule has 0 bridgehead atoms. The Bertz CT molecular complexity index is 459. The minimum absolute atomic E-state index is 0.117. The van der Waals surface area contributed by atoms with Gasteiger partial charge in [0, 0.05) is 0 Å². The predicted molar refractivity (Wildman–Crippen MR) is 63.1 cm³/mol. The van der Waals surface area contributed by atoms with Gasteiger partial charge in [-0.15, -0.1) is 0 Å². The third kappa shape index (κ3) is 2.18. The number of carbonyl (C=O) groups is 1. The van der Waals surface area contributed by atoms with E-state index in [0.29, 0.717) is 5.95 Å². The van der Waals surface area contributed by atoms with Crippen LogP contribution in [0, 0.1) is 0 Å². The number of imidazole rings is 1. The molecule has 4 nitrogen and oxygen atoms in total. The molecule has 2 aromatic rings. The first-order chi connectivity index (χ1) is 7.16. The second-order valence-corrected chi connectivity index (χ2v) is 4.58. The van der Waals surface area contributed by atoms with Gasteiger partial charge in [0.1, 0.15) is 0 Å². The van der Waals surface area contributed by atoms with Gasteiger partial charge in [-0.1, -0.05) is 28.1 Å². The van der Waals surface area contributed by atoms with Crippen LogP contribution in [0.4, 0.5) is 5.95 Å². The van der Waals surface area contributed by atoms with Crippen molar-refractivity contribution >= 4 is 38.8 Å². The molecule has 0 saturated heterocycles. The highest BCUT2D eigenvalue weighted by molar-refractivity contribution is 9.10. The van der Waals surface area contributed by atoms with Gasteiger partial charge in [-0.25, -0.2) is 4.98 Å². The molecule has 0 radical (unpaired) electrons. The number of anilines is 1. The molecule has 0 aliphatic rings. The van der Waals surface area contributed by atoms with Crippen molar-refractivity contribution in [2.75, 3.05) is 5.32 Å². The maximum absolute atomic E-state index is 11.4. The van der Waals surface area contributed by atoms with E-state index in [-0.39, 0.29) is 10.7 Å². The summed E-state index contributed by atoms with van der Waals surface area (Å²) in [5.41, 5.74) is 1.75. The number of benzene rings is 1. The minimum Gasteiger partial charge on any atom is -0.324 e. The fraction of sp³-hybridized carbons (Fsp3) is 0.200. The molecule has 15 heavy (non-hydrogen) atoms. The molecule has 2 N–H and O–H groups in total. The molecule has 1 heterocycles. The van der Waals surface area contributed by atoms with Crippen LogP contribution in [0.25, 0.3) is 11.0 Å². The lowest BCUT2D eigenvalue weighted by Gasteiger charge is -2.01. The van der Waals surface area contributed by atoms with Gasteiger partial charge in [-0.3, -0.25) is 10.1 Å². The monoisotopic (exact) mass is 267 g/mol. The number of halogens is 1. The number of hydrogen-bond acceptors (Lipinski definition) is 2. The lowest BCUT2D eigenvalue weighted by molar-refractivity contribution is -0.115. The van der Waals surface area contributed by atoms with Crippen LogP contribution in [-0.4, -0.2) is 20.7 Å². The zero-order valence-electron chi connectivity index (χ0n) is 8.12. The normalized spacial score (nSPS) is 12.7. The number of carbonyl (C=O) groups excluding carboxylic acids is 1. The van der Waals surface area contributed by atoms with Gasteiger partial charge in [0.15, 0.2) is 0 Å². The van der Waals surface area contributed by atoms with Crippen molar-refractivity contribution in [3.8, 4) is 0 Å². The zero-order valence-corrected chi connectivity index (χ0v) is 9.71. The first kappa shape index (κ1) is 10.2. The number of alkyl halides is 1. The summed E-state index contributed by atoms with van der Waals surface area (Å²) in [5.74, 6) is 0.363. The number of aromatic amines is 1. The first-order valence-electron chi connectivity index (χ1n) is 4.56. The Labute approximate surface area is 95.2 Å². The standard InChI is InChI=1S/C10H10BrN3O/c1-6(11)9(15)14-10-12-7-4-2-3-5-8(7)13-10/h2-6H,1H3,(H2,12,13,14,15). The van der Waals surface area contributed by atoms with Gasteiger partial charge in [0.05, 0.1) is 15.9 Å². The van der Waals surface area contributed by atoms with Crippen LogP contribution in [0.2, 0.25) is 0 Å². The summed E-state index contributed by atoms with van der Waals surface area (Å²) in [5, 5.41) is 2.68. The number of rotatable bonds is 2. The van der Waals surface area contributed by atoms with Crippen molar-refractivity contribution in [1.29, 1.82) is 0 Å². The average Bonchev–Trinajstić information content (AvgIpc) is 2.59. The second-order valence-electron chi connectivity index (χ2n) is 3.21. The Morgan fingerprint density at radius 2 is 2.27 bits per heavy atom. The van der Waals surface area contributed by atoms with Crippen LogP contribution in [0.5, 0.6) is 0 Å². The van der Waals surface area contributed by atoms with E-state index in [0.717, 1.165) is 11.0 Å². The fourth-order valence-corrected chi connectivity index (χ4v) is 1.34. The van der Waals surface area contributed by atoms with E-state index in [1.165, 1.54) is 0 Å².